The van der Waals surface area contributed by atoms with Crippen molar-refractivity contribution < 1.29 is 19.4 Å². The molecule has 0 atom stereocenters. The van der Waals surface area contributed by atoms with Gasteiger partial charge in [0.05, 0.1) is 6.61 Å². The zero-order chi connectivity index (χ0) is 22.8. The number of carbonyl (C=O) groups excluding carboxylic acids is 1. The third-order valence-corrected chi connectivity index (χ3v) is 5.69. The zero-order valence-electron chi connectivity index (χ0n) is 20.4. The Balaban J connectivity index is 3.20. The lowest BCUT2D eigenvalue weighted by molar-refractivity contribution is -0.144. The predicted octanol–water partition coefficient (Wildman–Crippen LogP) is 8.38. The molecule has 4 heteroatoms. The van der Waals surface area contributed by atoms with E-state index < -0.39 is 5.97 Å². The van der Waals surface area contributed by atoms with E-state index in [9.17, 15) is 9.59 Å². The Kier molecular flexibility index (Phi) is 23.9. The lowest BCUT2D eigenvalue weighted by atomic mass is 10.1. The lowest BCUT2D eigenvalue weighted by Gasteiger charge is -2.05. The number of rotatable bonds is 24. The molecule has 0 aromatic rings. The molecule has 0 saturated carbocycles. The fraction of sp³-hybridized carbons (Fsp3) is 0.852. The molecule has 0 rings (SSSR count). The van der Waals surface area contributed by atoms with Gasteiger partial charge in [-0.2, -0.15) is 0 Å². The molecule has 0 saturated heterocycles. The summed E-state index contributed by atoms with van der Waals surface area (Å²) in [5.41, 5.74) is 0. The van der Waals surface area contributed by atoms with Crippen LogP contribution in [0.4, 0.5) is 0 Å². The largest absolute Gasteiger partial charge is 0.481 e. The molecule has 31 heavy (non-hydrogen) atoms. The average molecular weight is 439 g/mol. The van der Waals surface area contributed by atoms with E-state index in [-0.39, 0.29) is 12.4 Å². The number of aliphatic carboxylic acids is 1. The number of allylic oxidation sites excluding steroid dienone is 2. The fourth-order valence-electron chi connectivity index (χ4n) is 3.68. The molecule has 0 aromatic heterocycles. The monoisotopic (exact) mass is 438 g/mol. The molecular weight excluding hydrogens is 388 g/mol. The van der Waals surface area contributed by atoms with Gasteiger partial charge in [-0.1, -0.05) is 96.1 Å². The number of carboxylic acid groups (broad SMARTS) is 1. The minimum atomic E-state index is -0.727. The van der Waals surface area contributed by atoms with E-state index in [0.29, 0.717) is 13.0 Å². The molecule has 0 spiro atoms. The minimum absolute atomic E-state index is 0.0849. The molecule has 0 fully saturated rings. The number of unbranched alkanes of at least 4 members (excludes halogenated alkanes) is 16. The minimum Gasteiger partial charge on any atom is -0.481 e. The van der Waals surface area contributed by atoms with Gasteiger partial charge in [-0.3, -0.25) is 9.59 Å². The maximum absolute atomic E-state index is 11.7. The normalized spacial score (nSPS) is 11.3. The molecule has 1 N–H and O–H groups in total. The molecular formula is C27H50O4. The van der Waals surface area contributed by atoms with Gasteiger partial charge in [-0.15, -0.1) is 0 Å². The van der Waals surface area contributed by atoms with Crippen LogP contribution in [0.15, 0.2) is 12.2 Å². The molecule has 0 aliphatic heterocycles. The van der Waals surface area contributed by atoms with Gasteiger partial charge >= 0.3 is 11.9 Å². The molecule has 0 aromatic carbocycles. The summed E-state index contributed by atoms with van der Waals surface area (Å²) in [6.45, 7) is 2.82. The van der Waals surface area contributed by atoms with Gasteiger partial charge in [0.25, 0.3) is 0 Å². The predicted molar refractivity (Wildman–Crippen MR) is 130 cm³/mol. The number of carboxylic acids is 1. The highest BCUT2D eigenvalue weighted by atomic mass is 16.5. The van der Waals surface area contributed by atoms with E-state index >= 15 is 0 Å². The van der Waals surface area contributed by atoms with Crippen LogP contribution >= 0.6 is 0 Å². The number of carbonyl (C=O) groups is 2. The number of esters is 1. The van der Waals surface area contributed by atoms with Crippen LogP contribution in [0.2, 0.25) is 0 Å². The van der Waals surface area contributed by atoms with Gasteiger partial charge in [-0.05, 0) is 44.9 Å². The van der Waals surface area contributed by atoms with Gasteiger partial charge in [0.1, 0.15) is 0 Å². The van der Waals surface area contributed by atoms with Crippen molar-refractivity contribution in [1.82, 2.24) is 0 Å². The van der Waals surface area contributed by atoms with Crippen molar-refractivity contribution in [3.8, 4) is 0 Å². The average Bonchev–Trinajstić information content (AvgIpc) is 2.75. The third-order valence-electron chi connectivity index (χ3n) is 5.69. The highest BCUT2D eigenvalue weighted by molar-refractivity contribution is 5.69. The number of hydrogen-bond acceptors (Lipinski definition) is 3. The number of ether oxygens (including phenoxy) is 1. The molecule has 0 heterocycles. The van der Waals surface area contributed by atoms with E-state index in [1.807, 2.05) is 0 Å². The van der Waals surface area contributed by atoms with Gasteiger partial charge in [0, 0.05) is 12.8 Å². The molecule has 0 aliphatic rings. The fourth-order valence-corrected chi connectivity index (χ4v) is 3.68. The second-order valence-electron chi connectivity index (χ2n) is 8.82. The molecule has 0 unspecified atom stereocenters. The van der Waals surface area contributed by atoms with E-state index in [4.69, 9.17) is 9.84 Å². The first-order valence-electron chi connectivity index (χ1n) is 13.2. The molecule has 0 radical (unpaired) electrons. The second kappa shape index (κ2) is 24.9. The van der Waals surface area contributed by atoms with Crippen LogP contribution in [-0.2, 0) is 14.3 Å². The summed E-state index contributed by atoms with van der Waals surface area (Å²) >= 11 is 0. The Morgan fingerprint density at radius 3 is 1.61 bits per heavy atom. The smallest absolute Gasteiger partial charge is 0.305 e. The van der Waals surface area contributed by atoms with Crippen molar-refractivity contribution in [3.05, 3.63) is 12.2 Å². The molecule has 0 bridgehead atoms. The second-order valence-corrected chi connectivity index (χ2v) is 8.82. The highest BCUT2D eigenvalue weighted by Gasteiger charge is 2.03. The van der Waals surface area contributed by atoms with Crippen LogP contribution in [0.3, 0.4) is 0 Å². The van der Waals surface area contributed by atoms with Crippen molar-refractivity contribution in [1.29, 1.82) is 0 Å². The first kappa shape index (κ1) is 29.7. The van der Waals surface area contributed by atoms with Gasteiger partial charge in [-0.25, -0.2) is 0 Å². The van der Waals surface area contributed by atoms with Crippen molar-refractivity contribution >= 4 is 11.9 Å². The van der Waals surface area contributed by atoms with E-state index in [1.54, 1.807) is 0 Å². The zero-order valence-corrected chi connectivity index (χ0v) is 20.4. The molecule has 4 nitrogen and oxygen atoms in total. The summed E-state index contributed by atoms with van der Waals surface area (Å²) in [6, 6.07) is 0. The lowest BCUT2D eigenvalue weighted by Crippen LogP contribution is -2.05. The van der Waals surface area contributed by atoms with Crippen molar-refractivity contribution in [2.24, 2.45) is 0 Å². The van der Waals surface area contributed by atoms with Crippen LogP contribution in [0.25, 0.3) is 0 Å². The Bertz CT molecular complexity index is 431. The topological polar surface area (TPSA) is 63.6 Å². The molecule has 182 valence electrons. The van der Waals surface area contributed by atoms with Gasteiger partial charge < -0.3 is 9.84 Å². The van der Waals surface area contributed by atoms with Crippen molar-refractivity contribution in [2.75, 3.05) is 6.61 Å². The Labute approximate surface area is 192 Å². The number of hydrogen-bond donors (Lipinski definition) is 1. The van der Waals surface area contributed by atoms with Gasteiger partial charge in [0.15, 0.2) is 0 Å². The standard InChI is InChI=1S/C27H50O4/c1-2-3-4-5-6-7-8-9-10-11-12-13-14-15-19-22-25-31-27(30)24-21-18-16-17-20-23-26(28)29/h9-10H,2-8,11-25H2,1H3,(H,28,29)/b10-9+. The maximum Gasteiger partial charge on any atom is 0.305 e. The Morgan fingerprint density at radius 1 is 0.613 bits per heavy atom. The van der Waals surface area contributed by atoms with Crippen LogP contribution in [0.5, 0.6) is 0 Å². The first-order valence-corrected chi connectivity index (χ1v) is 13.2. The van der Waals surface area contributed by atoms with Gasteiger partial charge in [0.2, 0.25) is 0 Å². The van der Waals surface area contributed by atoms with Crippen LogP contribution in [-0.4, -0.2) is 23.7 Å². The maximum atomic E-state index is 11.7. The Hall–Kier alpha value is -1.32. The summed E-state index contributed by atoms with van der Waals surface area (Å²) < 4.78 is 5.29. The van der Waals surface area contributed by atoms with Crippen LogP contribution in [0.1, 0.15) is 142 Å². The first-order chi connectivity index (χ1) is 15.2. The van der Waals surface area contributed by atoms with E-state index in [1.165, 1.54) is 77.0 Å². The van der Waals surface area contributed by atoms with E-state index in [0.717, 1.165) is 44.9 Å². The SMILES string of the molecule is CCCCCCCC/C=C/CCCCCCCCOC(=O)CCCCCCCC(=O)O. The third kappa shape index (κ3) is 26.6. The van der Waals surface area contributed by atoms with Crippen molar-refractivity contribution in [2.45, 2.75) is 142 Å². The quantitative estimate of drug-likeness (QED) is 0.0933. The van der Waals surface area contributed by atoms with E-state index in [2.05, 4.69) is 19.1 Å². The summed E-state index contributed by atoms with van der Waals surface area (Å²) in [5, 5.41) is 8.57. The summed E-state index contributed by atoms with van der Waals surface area (Å²) in [6.07, 6.45) is 27.9. The molecule has 0 aliphatic carbocycles. The highest BCUT2D eigenvalue weighted by Crippen LogP contribution is 2.11. The summed E-state index contributed by atoms with van der Waals surface area (Å²) in [5.74, 6) is -0.812. The Morgan fingerprint density at radius 2 is 1.06 bits per heavy atom. The van der Waals surface area contributed by atoms with Crippen molar-refractivity contribution in [3.63, 3.8) is 0 Å². The summed E-state index contributed by atoms with van der Waals surface area (Å²) in [4.78, 5) is 22.1. The molecule has 0 amide bonds. The van der Waals surface area contributed by atoms with Crippen LogP contribution in [0, 0.1) is 0 Å². The summed E-state index contributed by atoms with van der Waals surface area (Å²) in [7, 11) is 0. The van der Waals surface area contributed by atoms with Crippen LogP contribution < -0.4 is 0 Å².